The fraction of sp³-hybridized carbons (Fsp3) is 0.735. The van der Waals surface area contributed by atoms with Gasteiger partial charge in [-0.2, -0.15) is 0 Å². The van der Waals surface area contributed by atoms with Gasteiger partial charge in [0.25, 0.3) is 0 Å². The zero-order valence-electron chi connectivity index (χ0n) is 47.8. The number of quaternary nitrogens is 1. The minimum absolute atomic E-state index is 0.0282. The first-order valence-electron chi connectivity index (χ1n) is 26.9. The Bertz CT molecular complexity index is 2190. The lowest BCUT2D eigenvalue weighted by Crippen LogP contribution is -2.60. The van der Waals surface area contributed by atoms with Crippen LogP contribution in [0.25, 0.3) is 0 Å². The topological polar surface area (TPSA) is 506 Å². The quantitative estimate of drug-likeness (QED) is 0.0119. The summed E-state index contributed by atoms with van der Waals surface area (Å²) in [7, 11) is 5.89. The maximum absolute atomic E-state index is 14.1. The Balaban J connectivity index is 3.19. The number of amides is 11. The number of aliphatic hydroxyl groups excluding tert-OH is 2. The summed E-state index contributed by atoms with van der Waals surface area (Å²) in [6.45, 7) is 5.39. The molecular weight excluding hydrogens is 1070 g/mol. The molecule has 0 saturated carbocycles. The summed E-state index contributed by atoms with van der Waals surface area (Å²) in [6.07, 6.45) is 1.73. The van der Waals surface area contributed by atoms with E-state index in [1.54, 1.807) is 0 Å². The molecule has 0 radical (unpaired) electrons. The molecule has 0 aromatic heterocycles. The molecule has 32 nitrogen and oxygen atoms in total. The van der Waals surface area contributed by atoms with Crippen molar-refractivity contribution in [3.63, 3.8) is 0 Å². The third-order valence-electron chi connectivity index (χ3n) is 12.7. The van der Waals surface area contributed by atoms with Crippen molar-refractivity contribution < 1.29 is 77.3 Å². The number of aliphatic imine (C=N–C) groups is 1. The van der Waals surface area contributed by atoms with Gasteiger partial charge in [0.2, 0.25) is 65.0 Å². The number of guanidine groups is 1. The maximum Gasteiger partial charge on any atom is 0.322 e. The molecule has 0 bridgehead atoms. The van der Waals surface area contributed by atoms with Crippen molar-refractivity contribution >= 4 is 76.9 Å². The molecule has 1 aliphatic rings. The lowest BCUT2D eigenvalue weighted by Gasteiger charge is -2.29. The number of unbranched alkanes of at least 4 members (excludes halogenated alkanes) is 2. The first-order chi connectivity index (χ1) is 37.8. The normalized spacial score (nSPS) is 16.8. The van der Waals surface area contributed by atoms with E-state index in [0.29, 0.717) is 56.1 Å². The van der Waals surface area contributed by atoms with Crippen LogP contribution >= 0.6 is 0 Å². The number of carbonyl (C=O) groups excluding carboxylic acids is 11. The van der Waals surface area contributed by atoms with Crippen LogP contribution in [-0.2, 0) is 57.5 Å². The Morgan fingerprint density at radius 3 is 1.67 bits per heavy atom. The number of carbonyl (C=O) groups is 12. The SMILES string of the molecule is CC(NC(=O)C(N)CCCCN)C(=O)NC(C)C(=O)NC(CCCN=C(N)N)C(=O)NC(CCCC[N+](C)(C)C)C(=O)NC(CO)C(=O)NC(C)C(=O)N1CCCC1C(=O)NC(C)C(=O)NC(C(=O)NCC(=O)NCC(=O)O)C(C)O. The van der Waals surface area contributed by atoms with E-state index in [-0.39, 0.29) is 44.7 Å². The number of carboxylic acids is 1. The van der Waals surface area contributed by atoms with Crippen molar-refractivity contribution in [3.05, 3.63) is 0 Å². The van der Waals surface area contributed by atoms with E-state index in [1.807, 2.05) is 26.5 Å². The van der Waals surface area contributed by atoms with E-state index < -0.39 is 157 Å². The fourth-order valence-electron chi connectivity index (χ4n) is 7.94. The van der Waals surface area contributed by atoms with Crippen LogP contribution < -0.4 is 76.1 Å². The van der Waals surface area contributed by atoms with Crippen LogP contribution in [-0.4, -0.2) is 235 Å². The molecule has 0 aromatic rings. The Labute approximate surface area is 471 Å². The van der Waals surface area contributed by atoms with E-state index in [9.17, 15) is 67.7 Å². The second-order valence-electron chi connectivity index (χ2n) is 20.9. The van der Waals surface area contributed by atoms with Crippen molar-refractivity contribution in [2.45, 2.75) is 165 Å². The second kappa shape index (κ2) is 36.1. The van der Waals surface area contributed by atoms with Crippen LogP contribution in [0.3, 0.4) is 0 Å². The minimum atomic E-state index is -1.67. The van der Waals surface area contributed by atoms with E-state index in [2.05, 4.69) is 52.8 Å². The van der Waals surface area contributed by atoms with Gasteiger partial charge in [0.15, 0.2) is 5.96 Å². The van der Waals surface area contributed by atoms with Crippen LogP contribution in [0.1, 0.15) is 98.8 Å². The van der Waals surface area contributed by atoms with Gasteiger partial charge in [-0.05, 0) is 99.0 Å². The summed E-state index contributed by atoms with van der Waals surface area (Å²) in [4.78, 5) is 162. The highest BCUT2D eigenvalue weighted by atomic mass is 16.4. The summed E-state index contributed by atoms with van der Waals surface area (Å²) in [5.74, 6) is -10.7. The lowest BCUT2D eigenvalue weighted by molar-refractivity contribution is -0.870. The zero-order chi connectivity index (χ0) is 61.7. The average Bonchev–Trinajstić information content (AvgIpc) is 3.89. The first-order valence-corrected chi connectivity index (χ1v) is 26.9. The summed E-state index contributed by atoms with van der Waals surface area (Å²) < 4.78 is 0.580. The number of hydrogen-bond acceptors (Lipinski definition) is 17. The number of hydrogen-bond donors (Lipinski definition) is 17. The standard InChI is InChI=1S/C49H89N17O15/c1-26(58-42(75)31(51)15-9-11-19-50)39(72)57-27(2)40(73)61-33(17-13-20-54-49(52)53)43(76)62-32(16-10-12-22-66(6,7)8)44(77)63-34(25-67)45(78)60-29(4)48(81)65-21-14-18-35(65)46(79)59-28(3)41(74)64-38(30(5)68)47(80)56-23-36(69)55-24-37(70)71/h26-35,38,67-68H,9-25,50-51H2,1-8H3,(H14-,52,53,54,55,56,57,58,59,60,61,62,63,64,69,70,71,72,73,74,75,76,77,78,79,80)/p+1. The molecule has 0 spiro atoms. The zero-order valence-corrected chi connectivity index (χ0v) is 47.8. The number of nitrogens with two attached hydrogens (primary N) is 4. The highest BCUT2D eigenvalue weighted by Gasteiger charge is 2.39. The third-order valence-corrected chi connectivity index (χ3v) is 12.7. The molecule has 1 rings (SSSR count). The third kappa shape index (κ3) is 27.6. The van der Waals surface area contributed by atoms with Gasteiger partial charge in [-0.25, -0.2) is 0 Å². The molecule has 11 unspecified atom stereocenters. The van der Waals surface area contributed by atoms with E-state index >= 15 is 0 Å². The van der Waals surface area contributed by atoms with Crippen LogP contribution in [0, 0.1) is 0 Å². The molecule has 1 fully saturated rings. The van der Waals surface area contributed by atoms with Gasteiger partial charge >= 0.3 is 5.97 Å². The van der Waals surface area contributed by atoms with Gasteiger partial charge in [0.05, 0.1) is 53.0 Å². The number of likely N-dealkylation sites (tertiary alicyclic amines) is 1. The van der Waals surface area contributed by atoms with E-state index in [0.717, 1.165) is 0 Å². The van der Waals surface area contributed by atoms with Gasteiger partial charge in [0.1, 0.15) is 60.9 Å². The van der Waals surface area contributed by atoms with Crippen molar-refractivity contribution in [2.75, 3.05) is 67.0 Å². The molecule has 0 aliphatic carbocycles. The monoisotopic (exact) mass is 1160 g/mol. The second-order valence-corrected chi connectivity index (χ2v) is 20.9. The molecule has 1 heterocycles. The highest BCUT2D eigenvalue weighted by molar-refractivity contribution is 5.99. The molecule has 1 aliphatic heterocycles. The van der Waals surface area contributed by atoms with Crippen molar-refractivity contribution in [1.82, 2.24) is 58.1 Å². The van der Waals surface area contributed by atoms with Crippen molar-refractivity contribution in [3.8, 4) is 0 Å². The molecule has 1 saturated heterocycles. The van der Waals surface area contributed by atoms with Crippen LogP contribution in [0.4, 0.5) is 0 Å². The molecule has 0 aromatic carbocycles. The molecule has 460 valence electrons. The molecule has 21 N–H and O–H groups in total. The van der Waals surface area contributed by atoms with Gasteiger partial charge in [-0.1, -0.05) is 6.42 Å². The Morgan fingerprint density at radius 2 is 1.11 bits per heavy atom. The van der Waals surface area contributed by atoms with Gasteiger partial charge in [-0.3, -0.25) is 62.5 Å². The predicted molar refractivity (Wildman–Crippen MR) is 293 cm³/mol. The summed E-state index contributed by atoms with van der Waals surface area (Å²) in [5, 5.41) is 53.3. The largest absolute Gasteiger partial charge is 0.480 e. The Kier molecular flexibility index (Phi) is 32.0. The average molecular weight is 1160 g/mol. The van der Waals surface area contributed by atoms with Gasteiger partial charge in [0, 0.05) is 13.1 Å². The number of nitrogens with zero attached hydrogens (tertiary/aromatic N) is 3. The molecule has 11 amide bonds. The predicted octanol–water partition coefficient (Wildman–Crippen LogP) is -7.99. The summed E-state index contributed by atoms with van der Waals surface area (Å²) >= 11 is 0. The number of aliphatic carboxylic acids is 1. The van der Waals surface area contributed by atoms with Gasteiger partial charge in [-0.15, -0.1) is 0 Å². The van der Waals surface area contributed by atoms with Crippen molar-refractivity contribution in [1.29, 1.82) is 0 Å². The number of carboxylic acid groups (broad SMARTS) is 1. The minimum Gasteiger partial charge on any atom is -0.480 e. The molecule has 11 atom stereocenters. The van der Waals surface area contributed by atoms with Crippen LogP contribution in [0.2, 0.25) is 0 Å². The first kappa shape index (κ1) is 71.7. The summed E-state index contributed by atoms with van der Waals surface area (Å²) in [5.41, 5.74) is 22.4. The van der Waals surface area contributed by atoms with E-state index in [4.69, 9.17) is 28.0 Å². The summed E-state index contributed by atoms with van der Waals surface area (Å²) in [6, 6.07) is -13.0. The molecule has 81 heavy (non-hydrogen) atoms. The van der Waals surface area contributed by atoms with Gasteiger partial charge < -0.3 is 101 Å². The van der Waals surface area contributed by atoms with Crippen molar-refractivity contribution in [2.24, 2.45) is 27.9 Å². The molecular formula is C49H90N17O15+. The Hall–Kier alpha value is -7.29. The van der Waals surface area contributed by atoms with Crippen LogP contribution in [0.5, 0.6) is 0 Å². The maximum atomic E-state index is 14.1. The smallest absolute Gasteiger partial charge is 0.322 e. The highest BCUT2D eigenvalue weighted by Crippen LogP contribution is 2.19. The number of aliphatic hydroxyl groups is 2. The molecule has 32 heteroatoms. The number of nitrogens with one attached hydrogen (secondary N) is 10. The van der Waals surface area contributed by atoms with E-state index in [1.165, 1.54) is 39.5 Å². The Morgan fingerprint density at radius 1 is 0.605 bits per heavy atom. The fourth-order valence-corrected chi connectivity index (χ4v) is 7.94. The number of rotatable bonds is 37. The lowest BCUT2D eigenvalue weighted by atomic mass is 10.0. The van der Waals surface area contributed by atoms with Crippen LogP contribution in [0.15, 0.2) is 4.99 Å².